The largest absolute Gasteiger partial charge is 0.536 e. The minimum Gasteiger partial charge on any atom is -0.192 e. The molecule has 6 aromatic rings. The van der Waals surface area contributed by atoms with Gasteiger partial charge in [-0.2, -0.15) is 20.2 Å². The van der Waals surface area contributed by atoms with Crippen molar-refractivity contribution in [3.05, 3.63) is 153 Å². The lowest BCUT2D eigenvalue weighted by molar-refractivity contribution is 0.807. The Bertz CT molecular complexity index is 2920. The normalized spacial score (nSPS) is 13.3. The first-order valence-corrected chi connectivity index (χ1v) is 23.9. The maximum absolute atomic E-state index is 9.77. The predicted octanol–water partition coefficient (Wildman–Crippen LogP) is 15.0. The molecule has 0 saturated heterocycles. The number of hydrogen-bond acceptors (Lipinski definition) is 6. The lowest BCUT2D eigenvalue weighted by Crippen LogP contribution is -2.04. The first-order valence-electron chi connectivity index (χ1n) is 20.7. The first-order chi connectivity index (χ1) is 28.5. The van der Waals surface area contributed by atoms with Gasteiger partial charge in [-0.15, -0.1) is 45.3 Å². The molecule has 0 atom stereocenters. The van der Waals surface area contributed by atoms with Crippen molar-refractivity contribution >= 4 is 56.7 Å². The molecule has 60 heavy (non-hydrogen) atoms. The van der Waals surface area contributed by atoms with Gasteiger partial charge in [0.1, 0.15) is 35.4 Å². The lowest BCUT2D eigenvalue weighted by Gasteiger charge is -2.23. The number of rotatable bonds is 8. The minimum atomic E-state index is 0.0951. The van der Waals surface area contributed by atoms with Crippen LogP contribution in [-0.4, -0.2) is 0 Å². The van der Waals surface area contributed by atoms with E-state index in [2.05, 4.69) is 153 Å². The third kappa shape index (κ3) is 8.59. The average Bonchev–Trinajstić information content (AvgIpc) is 4.04. The van der Waals surface area contributed by atoms with Crippen molar-refractivity contribution in [3.63, 3.8) is 0 Å². The van der Waals surface area contributed by atoms with E-state index in [1.165, 1.54) is 87.4 Å². The summed E-state index contributed by atoms with van der Waals surface area (Å²) in [5.41, 5.74) is 13.1. The van der Waals surface area contributed by atoms with Crippen LogP contribution in [0.4, 0.5) is 0 Å². The van der Waals surface area contributed by atoms with Crippen molar-refractivity contribution < 1.29 is 0 Å². The molecule has 304 valence electrons. The third-order valence-electron chi connectivity index (χ3n) is 11.1. The molecular weight excluding hydrogens is 809 g/mol. The molecular formula is C52H52N4S4. The second-order valence-electron chi connectivity index (χ2n) is 17.3. The highest BCUT2D eigenvalue weighted by Crippen LogP contribution is 2.45. The van der Waals surface area contributed by atoms with Crippen LogP contribution in [0.25, 0.3) is 43.3 Å². The fourth-order valence-corrected chi connectivity index (χ4v) is 12.3. The Morgan fingerprint density at radius 2 is 0.817 bits per heavy atom. The molecule has 0 spiro atoms. The Morgan fingerprint density at radius 3 is 1.13 bits per heavy atom. The topological polar surface area (TPSA) is 56.3 Å². The van der Waals surface area contributed by atoms with Crippen LogP contribution in [-0.2, 0) is 0 Å². The molecule has 8 heteroatoms. The Kier molecular flexibility index (Phi) is 13.6. The Balaban J connectivity index is 2.02. The number of nitriles is 2. The average molecular weight is 861 g/mol. The molecule has 4 nitrogen and oxygen atoms in total. The van der Waals surface area contributed by atoms with Crippen molar-refractivity contribution in [2.45, 2.75) is 119 Å². The van der Waals surface area contributed by atoms with E-state index in [-0.39, 0.29) is 35.1 Å². The van der Waals surface area contributed by atoms with Crippen LogP contribution < -0.4 is 9.06 Å². The van der Waals surface area contributed by atoms with Crippen molar-refractivity contribution in [2.75, 3.05) is 0 Å². The summed E-state index contributed by atoms with van der Waals surface area (Å²) in [6.45, 7) is 42.8. The SMILES string of the molecule is [C-]#[N+]C([N+]#[C-])=c1cc/c(=c2/cc(-c3c(C(C)C)cc(C(C)C)cc3C(C)C)/c(=c3\s/c(=c4\ccc(=C(C#N)C#N)s4)cc3-c3c(C(C)C)cc(C(C)C)cc3C(C)C)s2)s1. The lowest BCUT2D eigenvalue weighted by atomic mass is 9.81. The zero-order valence-corrected chi connectivity index (χ0v) is 39.9. The van der Waals surface area contributed by atoms with Gasteiger partial charge < -0.3 is 0 Å². The van der Waals surface area contributed by atoms with E-state index in [4.69, 9.17) is 13.1 Å². The Morgan fingerprint density at radius 1 is 0.467 bits per heavy atom. The zero-order valence-electron chi connectivity index (χ0n) is 36.7. The molecule has 0 aliphatic heterocycles. The van der Waals surface area contributed by atoms with E-state index in [1.807, 2.05) is 12.1 Å². The molecule has 4 heterocycles. The van der Waals surface area contributed by atoms with Crippen LogP contribution in [0, 0.1) is 63.0 Å². The van der Waals surface area contributed by atoms with E-state index in [0.717, 1.165) is 18.1 Å². The summed E-state index contributed by atoms with van der Waals surface area (Å²) in [4.78, 5) is 7.08. The smallest absolute Gasteiger partial charge is 0.192 e. The fourth-order valence-electron chi connectivity index (χ4n) is 7.73. The molecule has 0 aliphatic carbocycles. The second kappa shape index (κ2) is 18.3. The molecule has 0 bridgehead atoms. The summed E-state index contributed by atoms with van der Waals surface area (Å²) in [6.07, 6.45) is 0. The summed E-state index contributed by atoms with van der Waals surface area (Å²) in [7, 11) is 0. The highest BCUT2D eigenvalue weighted by molar-refractivity contribution is 7.14. The molecule has 2 aromatic carbocycles. The van der Waals surface area contributed by atoms with E-state index in [0.29, 0.717) is 20.9 Å². The van der Waals surface area contributed by atoms with Gasteiger partial charge in [0.2, 0.25) is 0 Å². The van der Waals surface area contributed by atoms with Crippen LogP contribution in [0.3, 0.4) is 0 Å². The van der Waals surface area contributed by atoms with Crippen molar-refractivity contribution in [2.24, 2.45) is 0 Å². The monoisotopic (exact) mass is 860 g/mol. The molecule has 0 fully saturated rings. The van der Waals surface area contributed by atoms with E-state index >= 15 is 0 Å². The maximum atomic E-state index is 9.77. The fraction of sp³-hybridized carbons (Fsp3) is 0.346. The Hall–Kier alpha value is -5.06. The van der Waals surface area contributed by atoms with Gasteiger partial charge in [0.15, 0.2) is 0 Å². The summed E-state index contributed by atoms with van der Waals surface area (Å²) in [5.74, 6) is 1.94. The zero-order chi connectivity index (χ0) is 43.7. The third-order valence-corrected chi connectivity index (χ3v) is 16.1. The highest BCUT2D eigenvalue weighted by atomic mass is 32.1. The van der Waals surface area contributed by atoms with Crippen LogP contribution in [0.2, 0.25) is 0 Å². The quantitative estimate of drug-likeness (QED) is 0.143. The number of thiophene rings is 4. The van der Waals surface area contributed by atoms with Gasteiger partial charge in [-0.3, -0.25) is 0 Å². The van der Waals surface area contributed by atoms with Gasteiger partial charge in [-0.1, -0.05) is 107 Å². The number of nitrogens with zero attached hydrogens (tertiary/aromatic N) is 4. The predicted molar refractivity (Wildman–Crippen MR) is 256 cm³/mol. The number of hydrogen-bond donors (Lipinski definition) is 0. The standard InChI is InChI=1S/C52H52N4S4/c1-27(2)33-19-36(29(5)6)48(37(20-33)30(7)8)40-23-46(43-16-15-42(57-43)35(25-53)26-54)59-50(40)51-41(24-47(60-51)44-17-18-45(58-44)52(55-13)56-14)49-38(31(9)10)21-34(28(3)4)22-39(49)32(11)12/h15-24,27-32H,1-12H3/b46-43+,47-44+,51-50+. The van der Waals surface area contributed by atoms with Crippen LogP contribution in [0.15, 0.2) is 60.7 Å². The number of benzene rings is 2. The molecule has 0 aliphatic rings. The molecule has 0 N–H and O–H groups in total. The Labute approximate surface area is 371 Å². The van der Waals surface area contributed by atoms with Crippen LogP contribution in [0.1, 0.15) is 152 Å². The van der Waals surface area contributed by atoms with Crippen molar-refractivity contribution in [1.29, 1.82) is 10.5 Å². The van der Waals surface area contributed by atoms with Crippen molar-refractivity contribution in [1.82, 2.24) is 0 Å². The van der Waals surface area contributed by atoms with Crippen molar-refractivity contribution in [3.8, 4) is 34.4 Å². The maximum Gasteiger partial charge on any atom is 0.536 e. The van der Waals surface area contributed by atoms with Crippen LogP contribution in [0.5, 0.6) is 0 Å². The summed E-state index contributed by atoms with van der Waals surface area (Å²) >= 11 is 6.59. The molecule has 4 aromatic heterocycles. The van der Waals surface area contributed by atoms with E-state index in [9.17, 15) is 10.5 Å². The molecule has 0 saturated carbocycles. The molecule has 0 unspecified atom stereocenters. The van der Waals surface area contributed by atoms with Gasteiger partial charge in [0.05, 0.1) is 13.6 Å². The first kappa shape index (κ1) is 44.5. The second-order valence-corrected chi connectivity index (χ2v) is 21.5. The molecule has 0 radical (unpaired) electrons. The van der Waals surface area contributed by atoms with Crippen LogP contribution >= 0.6 is 45.3 Å². The van der Waals surface area contributed by atoms with Gasteiger partial charge in [0.25, 0.3) is 0 Å². The molecule has 6 rings (SSSR count). The molecule has 0 amide bonds. The van der Waals surface area contributed by atoms with Gasteiger partial charge >= 0.3 is 5.82 Å². The summed E-state index contributed by atoms with van der Waals surface area (Å²) in [5, 5.41) is 19.5. The van der Waals surface area contributed by atoms with Gasteiger partial charge in [0, 0.05) is 29.3 Å². The summed E-state index contributed by atoms with van der Waals surface area (Å²) in [6, 6.07) is 26.6. The highest BCUT2D eigenvalue weighted by Gasteiger charge is 2.24. The summed E-state index contributed by atoms with van der Waals surface area (Å²) < 4.78 is 8.01. The van der Waals surface area contributed by atoms with Gasteiger partial charge in [-0.05, 0) is 116 Å². The van der Waals surface area contributed by atoms with E-state index < -0.39 is 0 Å². The minimum absolute atomic E-state index is 0.0951. The van der Waals surface area contributed by atoms with E-state index in [1.54, 1.807) is 22.7 Å². The van der Waals surface area contributed by atoms with Gasteiger partial charge in [-0.25, -0.2) is 0 Å².